The Labute approximate surface area is 113 Å². The molecule has 0 aromatic carbocycles. The van der Waals surface area contributed by atoms with Gasteiger partial charge in [-0.1, -0.05) is 31.8 Å². The first-order chi connectivity index (χ1) is 8.93. The molecule has 5 heteroatoms. The molecule has 1 aliphatic carbocycles. The van der Waals surface area contributed by atoms with Gasteiger partial charge in [0.2, 0.25) is 5.89 Å². The van der Waals surface area contributed by atoms with E-state index in [4.69, 9.17) is 4.52 Å². The Hall–Kier alpha value is -1.39. The quantitative estimate of drug-likeness (QED) is 0.886. The molecule has 0 radical (unpaired) electrons. The van der Waals surface area contributed by atoms with Crippen molar-refractivity contribution in [2.45, 2.75) is 58.8 Å². The highest BCUT2D eigenvalue weighted by Gasteiger charge is 2.39. The van der Waals surface area contributed by atoms with E-state index in [1.807, 2.05) is 13.8 Å². The van der Waals surface area contributed by atoms with E-state index in [2.05, 4.69) is 10.1 Å². The Morgan fingerprint density at radius 3 is 2.63 bits per heavy atom. The summed E-state index contributed by atoms with van der Waals surface area (Å²) in [7, 11) is 0. The third-order valence-corrected chi connectivity index (χ3v) is 4.49. The predicted octanol–water partition coefficient (Wildman–Crippen LogP) is 3.02. The van der Waals surface area contributed by atoms with Gasteiger partial charge in [0.1, 0.15) is 0 Å². The minimum absolute atomic E-state index is 0.00632. The highest BCUT2D eigenvalue weighted by atomic mass is 16.5. The summed E-state index contributed by atoms with van der Waals surface area (Å²) in [6.07, 6.45) is 4.94. The zero-order valence-corrected chi connectivity index (χ0v) is 11.8. The Morgan fingerprint density at radius 2 is 2.11 bits per heavy atom. The minimum Gasteiger partial charge on any atom is -0.481 e. The molecule has 1 aromatic rings. The fraction of sp³-hybridized carbons (Fsp3) is 0.786. The summed E-state index contributed by atoms with van der Waals surface area (Å²) in [6.45, 7) is 5.55. The van der Waals surface area contributed by atoms with Crippen LogP contribution in [-0.2, 0) is 11.2 Å². The number of hydrogen-bond donors (Lipinski definition) is 1. The van der Waals surface area contributed by atoms with Crippen molar-refractivity contribution in [3.05, 3.63) is 11.7 Å². The molecule has 1 unspecified atom stereocenters. The second-order valence-electron chi connectivity index (χ2n) is 6.08. The van der Waals surface area contributed by atoms with E-state index in [1.165, 1.54) is 12.8 Å². The number of hydrogen-bond acceptors (Lipinski definition) is 4. The molecule has 0 bridgehead atoms. The predicted molar refractivity (Wildman–Crippen MR) is 69.8 cm³/mol. The van der Waals surface area contributed by atoms with E-state index in [1.54, 1.807) is 6.92 Å². The number of carboxylic acid groups (broad SMARTS) is 1. The van der Waals surface area contributed by atoms with Crippen LogP contribution in [0.1, 0.15) is 64.1 Å². The van der Waals surface area contributed by atoms with Gasteiger partial charge in [-0.3, -0.25) is 4.79 Å². The molecule has 19 heavy (non-hydrogen) atoms. The Balaban J connectivity index is 2.12. The molecule has 2 rings (SSSR count). The fourth-order valence-electron chi connectivity index (χ4n) is 2.53. The standard InChI is InChI=1S/C14H22N2O3/c1-9(2)14(3,13(17)18)8-11-15-12(16-19-11)10-6-4-5-7-10/h9-10H,4-8H2,1-3H3,(H,17,18). The van der Waals surface area contributed by atoms with Crippen LogP contribution in [0.5, 0.6) is 0 Å². The van der Waals surface area contributed by atoms with Crippen molar-refractivity contribution in [2.24, 2.45) is 11.3 Å². The van der Waals surface area contributed by atoms with E-state index in [0.29, 0.717) is 18.2 Å². The van der Waals surface area contributed by atoms with E-state index >= 15 is 0 Å². The van der Waals surface area contributed by atoms with Crippen LogP contribution in [0.25, 0.3) is 0 Å². The van der Waals surface area contributed by atoms with Crippen LogP contribution >= 0.6 is 0 Å². The molecule has 0 saturated heterocycles. The second kappa shape index (κ2) is 5.31. The average molecular weight is 266 g/mol. The number of carbonyl (C=O) groups is 1. The molecular formula is C14H22N2O3. The van der Waals surface area contributed by atoms with Crippen molar-refractivity contribution in [1.29, 1.82) is 0 Å². The van der Waals surface area contributed by atoms with E-state index < -0.39 is 11.4 Å². The number of aliphatic carboxylic acids is 1. The van der Waals surface area contributed by atoms with Gasteiger partial charge >= 0.3 is 5.97 Å². The van der Waals surface area contributed by atoms with Crippen LogP contribution in [-0.4, -0.2) is 21.2 Å². The number of rotatable bonds is 5. The average Bonchev–Trinajstić information content (AvgIpc) is 2.97. The van der Waals surface area contributed by atoms with Crippen LogP contribution < -0.4 is 0 Å². The molecule has 1 atom stereocenters. The molecule has 0 aliphatic heterocycles. The summed E-state index contributed by atoms with van der Waals surface area (Å²) in [5.41, 5.74) is -0.862. The van der Waals surface area contributed by atoms with E-state index in [9.17, 15) is 9.90 Å². The maximum absolute atomic E-state index is 11.4. The number of nitrogens with zero attached hydrogens (tertiary/aromatic N) is 2. The molecule has 1 aromatic heterocycles. The van der Waals surface area contributed by atoms with Crippen molar-refractivity contribution < 1.29 is 14.4 Å². The summed E-state index contributed by atoms with van der Waals surface area (Å²) >= 11 is 0. The van der Waals surface area contributed by atoms with Crippen LogP contribution in [0.2, 0.25) is 0 Å². The first kappa shape index (κ1) is 14.0. The molecule has 1 heterocycles. The highest BCUT2D eigenvalue weighted by molar-refractivity contribution is 5.74. The maximum Gasteiger partial charge on any atom is 0.310 e. The minimum atomic E-state index is -0.862. The van der Waals surface area contributed by atoms with Crippen LogP contribution in [0, 0.1) is 11.3 Å². The van der Waals surface area contributed by atoms with Gasteiger partial charge in [0.15, 0.2) is 5.82 Å². The van der Waals surface area contributed by atoms with Gasteiger partial charge in [-0.15, -0.1) is 0 Å². The first-order valence-corrected chi connectivity index (χ1v) is 6.99. The molecule has 1 saturated carbocycles. The highest BCUT2D eigenvalue weighted by Crippen LogP contribution is 2.34. The first-order valence-electron chi connectivity index (χ1n) is 6.99. The lowest BCUT2D eigenvalue weighted by molar-refractivity contribution is -0.150. The van der Waals surface area contributed by atoms with Gasteiger partial charge in [-0.2, -0.15) is 4.98 Å². The Morgan fingerprint density at radius 1 is 1.47 bits per heavy atom. The van der Waals surface area contributed by atoms with E-state index in [-0.39, 0.29) is 5.92 Å². The zero-order chi connectivity index (χ0) is 14.0. The maximum atomic E-state index is 11.4. The third-order valence-electron chi connectivity index (χ3n) is 4.49. The van der Waals surface area contributed by atoms with Gasteiger partial charge in [0.25, 0.3) is 0 Å². The zero-order valence-electron chi connectivity index (χ0n) is 11.8. The summed E-state index contributed by atoms with van der Waals surface area (Å²) in [4.78, 5) is 15.8. The number of carboxylic acids is 1. The van der Waals surface area contributed by atoms with Crippen molar-refractivity contribution in [3.63, 3.8) is 0 Å². The van der Waals surface area contributed by atoms with Crippen LogP contribution in [0.3, 0.4) is 0 Å². The smallest absolute Gasteiger partial charge is 0.310 e. The van der Waals surface area contributed by atoms with Gasteiger partial charge in [0, 0.05) is 12.3 Å². The fourth-order valence-corrected chi connectivity index (χ4v) is 2.53. The number of aromatic nitrogens is 2. The normalized spacial score (nSPS) is 19.8. The van der Waals surface area contributed by atoms with Gasteiger partial charge in [-0.25, -0.2) is 0 Å². The lowest BCUT2D eigenvalue weighted by Gasteiger charge is -2.27. The van der Waals surface area contributed by atoms with Crippen molar-refractivity contribution in [3.8, 4) is 0 Å². The van der Waals surface area contributed by atoms with Gasteiger partial charge < -0.3 is 9.63 Å². The lowest BCUT2D eigenvalue weighted by Crippen LogP contribution is -2.35. The van der Waals surface area contributed by atoms with Crippen LogP contribution in [0.15, 0.2) is 4.52 Å². The lowest BCUT2D eigenvalue weighted by atomic mass is 9.76. The molecule has 106 valence electrons. The van der Waals surface area contributed by atoms with Crippen molar-refractivity contribution >= 4 is 5.97 Å². The van der Waals surface area contributed by atoms with Gasteiger partial charge in [0.05, 0.1) is 5.41 Å². The third kappa shape index (κ3) is 2.80. The molecule has 0 amide bonds. The Kier molecular flexibility index (Phi) is 3.92. The van der Waals surface area contributed by atoms with Crippen molar-refractivity contribution in [2.75, 3.05) is 0 Å². The van der Waals surface area contributed by atoms with E-state index in [0.717, 1.165) is 18.7 Å². The molecule has 1 N–H and O–H groups in total. The summed E-state index contributed by atoms with van der Waals surface area (Å²) in [5.74, 6) is 0.784. The topological polar surface area (TPSA) is 76.2 Å². The molecule has 0 spiro atoms. The largest absolute Gasteiger partial charge is 0.481 e. The summed E-state index contributed by atoms with van der Waals surface area (Å²) in [6, 6.07) is 0. The van der Waals surface area contributed by atoms with Crippen LogP contribution in [0.4, 0.5) is 0 Å². The molecule has 1 fully saturated rings. The molecular weight excluding hydrogens is 244 g/mol. The molecule has 5 nitrogen and oxygen atoms in total. The van der Waals surface area contributed by atoms with Crippen molar-refractivity contribution in [1.82, 2.24) is 10.1 Å². The SMILES string of the molecule is CC(C)C(C)(Cc1nc(C2CCCC2)no1)C(=O)O. The van der Waals surface area contributed by atoms with Gasteiger partial charge in [-0.05, 0) is 25.7 Å². The molecule has 1 aliphatic rings. The Bertz CT molecular complexity index is 449. The summed E-state index contributed by atoms with van der Waals surface area (Å²) < 4.78 is 5.25. The monoisotopic (exact) mass is 266 g/mol. The second-order valence-corrected chi connectivity index (χ2v) is 6.08. The summed E-state index contributed by atoms with van der Waals surface area (Å²) in [5, 5.41) is 13.4.